The van der Waals surface area contributed by atoms with Gasteiger partial charge in [0.1, 0.15) is 12.6 Å². The van der Waals surface area contributed by atoms with Crippen molar-refractivity contribution in [3.63, 3.8) is 0 Å². The summed E-state index contributed by atoms with van der Waals surface area (Å²) in [6.07, 6.45) is 3.09. The Balaban J connectivity index is 1.60. The minimum Gasteiger partial charge on any atom is -0.445 e. The summed E-state index contributed by atoms with van der Waals surface area (Å²) in [4.78, 5) is 29.0. The highest BCUT2D eigenvalue weighted by Gasteiger charge is 2.22. The summed E-state index contributed by atoms with van der Waals surface area (Å²) < 4.78 is 5.27. The first-order chi connectivity index (χ1) is 14.2. The molecule has 0 saturated carbocycles. The summed E-state index contributed by atoms with van der Waals surface area (Å²) in [7, 11) is 0. The van der Waals surface area contributed by atoms with Crippen molar-refractivity contribution < 1.29 is 14.3 Å². The summed E-state index contributed by atoms with van der Waals surface area (Å²) >= 11 is 0. The molecular weight excluding hydrogens is 366 g/mol. The fraction of sp³-hybridized carbons (Fsp3) is 0.174. The van der Waals surface area contributed by atoms with Gasteiger partial charge in [-0.1, -0.05) is 66.7 Å². The molecule has 0 spiro atoms. The fourth-order valence-electron chi connectivity index (χ4n) is 2.78. The molecule has 2 amide bonds. The van der Waals surface area contributed by atoms with E-state index in [1.54, 1.807) is 12.4 Å². The largest absolute Gasteiger partial charge is 0.445 e. The van der Waals surface area contributed by atoms with Crippen molar-refractivity contribution in [3.8, 4) is 0 Å². The van der Waals surface area contributed by atoms with Gasteiger partial charge in [-0.05, 0) is 22.8 Å². The Hall–Kier alpha value is -3.67. The second kappa shape index (κ2) is 10.6. The highest BCUT2D eigenvalue weighted by molar-refractivity contribution is 5.85. The third-order valence-corrected chi connectivity index (χ3v) is 4.29. The molecule has 0 saturated heterocycles. The van der Waals surface area contributed by atoms with Gasteiger partial charge in [0.15, 0.2) is 0 Å². The molecule has 29 heavy (non-hydrogen) atoms. The lowest BCUT2D eigenvalue weighted by Gasteiger charge is -2.18. The minimum absolute atomic E-state index is 0.141. The number of alkyl carbamates (subject to hydrolysis) is 1. The van der Waals surface area contributed by atoms with Crippen molar-refractivity contribution in [2.75, 3.05) is 0 Å². The molecule has 0 aliphatic carbocycles. The van der Waals surface area contributed by atoms with Gasteiger partial charge < -0.3 is 15.4 Å². The maximum absolute atomic E-state index is 12.7. The van der Waals surface area contributed by atoms with E-state index < -0.39 is 12.1 Å². The Morgan fingerprint density at radius 3 is 2.17 bits per heavy atom. The number of nitrogens with zero attached hydrogens (tertiary/aromatic N) is 1. The number of aromatic nitrogens is 1. The molecule has 3 aromatic rings. The van der Waals surface area contributed by atoms with Crippen LogP contribution in [0.1, 0.15) is 16.7 Å². The van der Waals surface area contributed by atoms with Crippen molar-refractivity contribution in [3.05, 3.63) is 102 Å². The van der Waals surface area contributed by atoms with Crippen molar-refractivity contribution in [2.24, 2.45) is 0 Å². The normalized spacial score (nSPS) is 11.3. The van der Waals surface area contributed by atoms with Gasteiger partial charge in [-0.2, -0.15) is 0 Å². The van der Waals surface area contributed by atoms with Crippen molar-refractivity contribution in [2.45, 2.75) is 25.6 Å². The molecule has 148 valence electrons. The molecule has 3 rings (SSSR count). The second-order valence-corrected chi connectivity index (χ2v) is 6.53. The molecule has 2 N–H and O–H groups in total. The lowest BCUT2D eigenvalue weighted by atomic mass is 10.1. The molecule has 6 nitrogen and oxygen atoms in total. The standard InChI is InChI=1S/C23H23N3O3/c27-22(25-16-20-12-7-13-24-15-20)21(14-18-8-3-1-4-9-18)26-23(28)29-17-19-10-5-2-6-11-19/h1-13,15,21H,14,16-17H2,(H,25,27)(H,26,28). The van der Waals surface area contributed by atoms with Crippen LogP contribution in [0, 0.1) is 0 Å². The number of pyridine rings is 1. The average molecular weight is 389 g/mol. The molecule has 0 fully saturated rings. The van der Waals surface area contributed by atoms with Crippen LogP contribution < -0.4 is 10.6 Å². The number of hydrogen-bond acceptors (Lipinski definition) is 4. The Kier molecular flexibility index (Phi) is 7.34. The lowest BCUT2D eigenvalue weighted by Crippen LogP contribution is -2.48. The number of nitrogens with one attached hydrogen (secondary N) is 2. The second-order valence-electron chi connectivity index (χ2n) is 6.53. The molecule has 1 heterocycles. The molecule has 1 unspecified atom stereocenters. The molecule has 6 heteroatoms. The summed E-state index contributed by atoms with van der Waals surface area (Å²) in [5, 5.41) is 5.53. The fourth-order valence-corrected chi connectivity index (χ4v) is 2.78. The summed E-state index contributed by atoms with van der Waals surface area (Å²) in [6.45, 7) is 0.473. The Morgan fingerprint density at radius 1 is 0.862 bits per heavy atom. The molecule has 0 bridgehead atoms. The van der Waals surface area contributed by atoms with Crippen molar-refractivity contribution in [1.82, 2.24) is 15.6 Å². The van der Waals surface area contributed by atoms with Crippen LogP contribution in [-0.4, -0.2) is 23.0 Å². The number of hydrogen-bond donors (Lipinski definition) is 2. The summed E-state index contributed by atoms with van der Waals surface area (Å²) in [5.41, 5.74) is 2.70. The SMILES string of the molecule is O=C(NC(Cc1ccccc1)C(=O)NCc1cccnc1)OCc1ccccc1. The number of amides is 2. The van der Waals surface area contributed by atoms with E-state index >= 15 is 0 Å². The smallest absolute Gasteiger partial charge is 0.408 e. The van der Waals surface area contributed by atoms with Crippen LogP contribution in [0.25, 0.3) is 0 Å². The first-order valence-electron chi connectivity index (χ1n) is 9.38. The highest BCUT2D eigenvalue weighted by atomic mass is 16.5. The maximum Gasteiger partial charge on any atom is 0.408 e. The van der Waals surface area contributed by atoms with E-state index in [2.05, 4.69) is 15.6 Å². The molecule has 1 aromatic heterocycles. The van der Waals surface area contributed by atoms with E-state index in [4.69, 9.17) is 4.74 Å². The Bertz CT molecular complexity index is 902. The topological polar surface area (TPSA) is 80.3 Å². The van der Waals surface area contributed by atoms with E-state index in [0.29, 0.717) is 13.0 Å². The van der Waals surface area contributed by atoms with Gasteiger partial charge >= 0.3 is 6.09 Å². The van der Waals surface area contributed by atoms with Gasteiger partial charge in [0.2, 0.25) is 5.91 Å². The van der Waals surface area contributed by atoms with Crippen LogP contribution in [0.2, 0.25) is 0 Å². The van der Waals surface area contributed by atoms with Crippen molar-refractivity contribution >= 4 is 12.0 Å². The van der Waals surface area contributed by atoms with Gasteiger partial charge in [0.25, 0.3) is 0 Å². The number of ether oxygens (including phenoxy) is 1. The van der Waals surface area contributed by atoms with Crippen LogP contribution in [0.15, 0.2) is 85.2 Å². The Labute approximate surface area is 169 Å². The van der Waals surface area contributed by atoms with Gasteiger partial charge in [0, 0.05) is 25.4 Å². The molecule has 1 atom stereocenters. The van der Waals surface area contributed by atoms with Crippen LogP contribution in [0.4, 0.5) is 4.79 Å². The van der Waals surface area contributed by atoms with Gasteiger partial charge in [-0.3, -0.25) is 9.78 Å². The first-order valence-corrected chi connectivity index (χ1v) is 9.38. The van der Waals surface area contributed by atoms with E-state index in [1.807, 2.05) is 72.8 Å². The van der Waals surface area contributed by atoms with Gasteiger partial charge in [-0.15, -0.1) is 0 Å². The first kappa shape index (κ1) is 20.1. The molecule has 0 aliphatic heterocycles. The predicted octanol–water partition coefficient (Wildman–Crippen LogP) is 3.24. The number of carbonyl (C=O) groups excluding carboxylic acids is 2. The number of carbonyl (C=O) groups is 2. The molecule has 0 aliphatic rings. The summed E-state index contributed by atoms with van der Waals surface area (Å²) in [5.74, 6) is -0.283. The van der Waals surface area contributed by atoms with Crippen molar-refractivity contribution in [1.29, 1.82) is 0 Å². The number of benzene rings is 2. The minimum atomic E-state index is -0.752. The van der Waals surface area contributed by atoms with Gasteiger partial charge in [0.05, 0.1) is 0 Å². The third kappa shape index (κ3) is 6.77. The quantitative estimate of drug-likeness (QED) is 0.620. The monoisotopic (exact) mass is 389 g/mol. The summed E-state index contributed by atoms with van der Waals surface area (Å²) in [6, 6.07) is 21.8. The van der Waals surface area contributed by atoms with Crippen LogP contribution in [0.3, 0.4) is 0 Å². The molecule has 0 radical (unpaired) electrons. The predicted molar refractivity (Wildman–Crippen MR) is 110 cm³/mol. The van der Waals surface area contributed by atoms with Gasteiger partial charge in [-0.25, -0.2) is 4.79 Å². The van der Waals surface area contributed by atoms with E-state index in [9.17, 15) is 9.59 Å². The molecule has 2 aromatic carbocycles. The lowest BCUT2D eigenvalue weighted by molar-refractivity contribution is -0.123. The van der Waals surface area contributed by atoms with E-state index in [1.165, 1.54) is 0 Å². The zero-order valence-corrected chi connectivity index (χ0v) is 16.0. The third-order valence-electron chi connectivity index (χ3n) is 4.29. The molecular formula is C23H23N3O3. The van der Waals surface area contributed by atoms with E-state index in [-0.39, 0.29) is 12.5 Å². The van der Waals surface area contributed by atoms with Crippen LogP contribution in [0.5, 0.6) is 0 Å². The zero-order chi connectivity index (χ0) is 20.3. The van der Waals surface area contributed by atoms with Crippen LogP contribution in [-0.2, 0) is 29.1 Å². The van der Waals surface area contributed by atoms with E-state index in [0.717, 1.165) is 16.7 Å². The number of rotatable bonds is 8. The van der Waals surface area contributed by atoms with Crippen LogP contribution >= 0.6 is 0 Å². The Morgan fingerprint density at radius 2 is 1.52 bits per heavy atom. The average Bonchev–Trinajstić information content (AvgIpc) is 2.78. The maximum atomic E-state index is 12.7. The zero-order valence-electron chi connectivity index (χ0n) is 16.0. The highest BCUT2D eigenvalue weighted by Crippen LogP contribution is 2.06.